The third-order valence-electron chi connectivity index (χ3n) is 4.98. The molecule has 1 aliphatic rings. The summed E-state index contributed by atoms with van der Waals surface area (Å²) in [5.41, 5.74) is 0.483. The molecule has 31 heavy (non-hydrogen) atoms. The average Bonchev–Trinajstić information content (AvgIpc) is 3.57. The highest BCUT2D eigenvalue weighted by Crippen LogP contribution is 2.36. The van der Waals surface area contributed by atoms with Crippen LogP contribution in [0.15, 0.2) is 52.4 Å². The predicted molar refractivity (Wildman–Crippen MR) is 113 cm³/mol. The van der Waals surface area contributed by atoms with Crippen LogP contribution in [-0.2, 0) is 16.6 Å². The lowest BCUT2D eigenvalue weighted by atomic mass is 10.3. The highest BCUT2D eigenvalue weighted by atomic mass is 32.2. The lowest BCUT2D eigenvalue weighted by molar-refractivity contribution is 0.386. The molecular formula is C20H23N5O5S. The molecule has 3 aromatic rings. The maximum absolute atomic E-state index is 12.9. The topological polar surface area (TPSA) is 117 Å². The van der Waals surface area contributed by atoms with Gasteiger partial charge in [-0.05, 0) is 37.1 Å². The van der Waals surface area contributed by atoms with Crippen molar-refractivity contribution in [1.82, 2.24) is 24.1 Å². The second-order valence-electron chi connectivity index (χ2n) is 7.09. The van der Waals surface area contributed by atoms with Crippen LogP contribution in [0.5, 0.6) is 11.5 Å². The summed E-state index contributed by atoms with van der Waals surface area (Å²) in [6, 6.07) is 8.20. The van der Waals surface area contributed by atoms with Crippen molar-refractivity contribution in [1.29, 1.82) is 0 Å². The third-order valence-corrected chi connectivity index (χ3v) is 6.48. The molecule has 10 nitrogen and oxygen atoms in total. The van der Waals surface area contributed by atoms with Gasteiger partial charge in [-0.25, -0.2) is 22.6 Å². The van der Waals surface area contributed by atoms with Crippen LogP contribution in [0.3, 0.4) is 0 Å². The molecule has 0 unspecified atom stereocenters. The molecule has 0 atom stereocenters. The molecule has 1 aromatic carbocycles. The fourth-order valence-electron chi connectivity index (χ4n) is 3.28. The standard InChI is InChI=1S/C20H23N5O5S/c1-29-16-7-8-18(17(12-16)30-2)31(27,28)22-10-11-24-20(26)25(15-5-6-15)19(23-24)14-4-3-9-21-13-14/h3-4,7-9,12-13,15,22H,5-6,10-11H2,1-2H3. The van der Waals surface area contributed by atoms with Gasteiger partial charge in [-0.15, -0.1) is 5.10 Å². The predicted octanol–water partition coefficient (Wildman–Crippen LogP) is 1.44. The van der Waals surface area contributed by atoms with Crippen molar-refractivity contribution >= 4 is 10.0 Å². The average molecular weight is 446 g/mol. The summed E-state index contributed by atoms with van der Waals surface area (Å²) in [5.74, 6) is 1.19. The molecule has 4 rings (SSSR count). The SMILES string of the molecule is COc1ccc(S(=O)(=O)NCCn2nc(-c3cccnc3)n(C3CC3)c2=O)c(OC)c1. The molecule has 0 saturated heterocycles. The summed E-state index contributed by atoms with van der Waals surface area (Å²) in [4.78, 5) is 17.0. The summed E-state index contributed by atoms with van der Waals surface area (Å²) in [6.07, 6.45) is 5.15. The monoisotopic (exact) mass is 445 g/mol. The molecule has 0 bridgehead atoms. The van der Waals surface area contributed by atoms with E-state index < -0.39 is 10.0 Å². The van der Waals surface area contributed by atoms with E-state index in [0.717, 1.165) is 18.4 Å². The van der Waals surface area contributed by atoms with Gasteiger partial charge in [-0.1, -0.05) is 0 Å². The number of hydrogen-bond acceptors (Lipinski definition) is 7. The molecule has 0 spiro atoms. The minimum atomic E-state index is -3.86. The van der Waals surface area contributed by atoms with Gasteiger partial charge in [-0.2, -0.15) is 0 Å². The summed E-state index contributed by atoms with van der Waals surface area (Å²) < 4.78 is 41.2. The number of hydrogen-bond donors (Lipinski definition) is 1. The fourth-order valence-corrected chi connectivity index (χ4v) is 4.45. The maximum atomic E-state index is 12.9. The van der Waals surface area contributed by atoms with Gasteiger partial charge < -0.3 is 9.47 Å². The van der Waals surface area contributed by atoms with Crippen LogP contribution < -0.4 is 19.9 Å². The van der Waals surface area contributed by atoms with E-state index in [-0.39, 0.29) is 35.5 Å². The first-order valence-electron chi connectivity index (χ1n) is 9.76. The molecule has 1 N–H and O–H groups in total. The second-order valence-corrected chi connectivity index (χ2v) is 8.82. The van der Waals surface area contributed by atoms with Gasteiger partial charge in [0.15, 0.2) is 5.82 Å². The highest BCUT2D eigenvalue weighted by molar-refractivity contribution is 7.89. The van der Waals surface area contributed by atoms with Gasteiger partial charge in [0.1, 0.15) is 16.4 Å². The highest BCUT2D eigenvalue weighted by Gasteiger charge is 2.30. The van der Waals surface area contributed by atoms with E-state index in [2.05, 4.69) is 14.8 Å². The number of benzene rings is 1. The Kier molecular flexibility index (Phi) is 5.79. The molecule has 1 saturated carbocycles. The Bertz CT molecular complexity index is 1230. The Labute approximate surface area is 179 Å². The van der Waals surface area contributed by atoms with Gasteiger partial charge in [-0.3, -0.25) is 9.55 Å². The first-order chi connectivity index (χ1) is 14.9. The van der Waals surface area contributed by atoms with Crippen molar-refractivity contribution in [2.75, 3.05) is 20.8 Å². The lowest BCUT2D eigenvalue weighted by Crippen LogP contribution is -2.32. The van der Waals surface area contributed by atoms with Crippen molar-refractivity contribution in [3.8, 4) is 22.9 Å². The summed E-state index contributed by atoms with van der Waals surface area (Å²) in [6.45, 7) is 0.0785. The zero-order valence-corrected chi connectivity index (χ0v) is 18.0. The maximum Gasteiger partial charge on any atom is 0.346 e. The second kappa shape index (κ2) is 8.52. The van der Waals surface area contributed by atoms with E-state index in [1.165, 1.54) is 31.0 Å². The number of rotatable bonds is 9. The van der Waals surface area contributed by atoms with E-state index in [1.54, 1.807) is 29.1 Å². The normalized spacial score (nSPS) is 13.9. The number of sulfonamides is 1. The van der Waals surface area contributed by atoms with E-state index >= 15 is 0 Å². The van der Waals surface area contributed by atoms with Gasteiger partial charge >= 0.3 is 5.69 Å². The summed E-state index contributed by atoms with van der Waals surface area (Å²) in [5, 5.41) is 4.44. The molecule has 2 heterocycles. The quantitative estimate of drug-likeness (QED) is 0.529. The van der Waals surface area contributed by atoms with Gasteiger partial charge in [0.25, 0.3) is 0 Å². The Hall–Kier alpha value is -3.18. The smallest absolute Gasteiger partial charge is 0.346 e. The van der Waals surface area contributed by atoms with Crippen molar-refractivity contribution in [2.45, 2.75) is 30.3 Å². The van der Waals surface area contributed by atoms with Crippen LogP contribution in [0.1, 0.15) is 18.9 Å². The van der Waals surface area contributed by atoms with Crippen LogP contribution in [0.4, 0.5) is 0 Å². The number of aromatic nitrogens is 4. The number of ether oxygens (including phenoxy) is 2. The summed E-state index contributed by atoms with van der Waals surface area (Å²) >= 11 is 0. The van der Waals surface area contributed by atoms with E-state index in [1.807, 2.05) is 6.07 Å². The number of methoxy groups -OCH3 is 2. The molecule has 11 heteroatoms. The third kappa shape index (κ3) is 4.32. The molecule has 2 aromatic heterocycles. The molecule has 0 radical (unpaired) electrons. The molecular weight excluding hydrogens is 422 g/mol. The van der Waals surface area contributed by atoms with E-state index in [4.69, 9.17) is 9.47 Å². The van der Waals surface area contributed by atoms with Crippen molar-refractivity contribution in [2.24, 2.45) is 0 Å². The van der Waals surface area contributed by atoms with Gasteiger partial charge in [0, 0.05) is 36.6 Å². The van der Waals surface area contributed by atoms with Crippen LogP contribution in [0, 0.1) is 0 Å². The fraction of sp³-hybridized carbons (Fsp3) is 0.350. The van der Waals surface area contributed by atoms with Crippen LogP contribution in [0.2, 0.25) is 0 Å². The molecule has 1 aliphatic carbocycles. The Morgan fingerprint density at radius 1 is 1.19 bits per heavy atom. The Balaban J connectivity index is 1.53. The molecule has 0 amide bonds. The van der Waals surface area contributed by atoms with Crippen LogP contribution in [-0.4, -0.2) is 48.5 Å². The zero-order chi connectivity index (χ0) is 22.0. The minimum Gasteiger partial charge on any atom is -0.497 e. The first kappa shape index (κ1) is 21.1. The molecule has 0 aliphatic heterocycles. The minimum absolute atomic E-state index is 0.00835. The van der Waals surface area contributed by atoms with Gasteiger partial charge in [0.05, 0.1) is 20.8 Å². The Morgan fingerprint density at radius 3 is 2.65 bits per heavy atom. The number of pyridine rings is 1. The first-order valence-corrected chi connectivity index (χ1v) is 11.2. The number of nitrogens with zero attached hydrogens (tertiary/aromatic N) is 4. The van der Waals surface area contributed by atoms with Crippen molar-refractivity contribution < 1.29 is 17.9 Å². The zero-order valence-electron chi connectivity index (χ0n) is 17.2. The lowest BCUT2D eigenvalue weighted by Gasteiger charge is -2.11. The van der Waals surface area contributed by atoms with Crippen molar-refractivity contribution in [3.63, 3.8) is 0 Å². The largest absolute Gasteiger partial charge is 0.497 e. The Morgan fingerprint density at radius 2 is 2.00 bits per heavy atom. The molecule has 1 fully saturated rings. The number of nitrogens with one attached hydrogen (secondary N) is 1. The van der Waals surface area contributed by atoms with Crippen LogP contribution in [0.25, 0.3) is 11.4 Å². The molecule has 164 valence electrons. The van der Waals surface area contributed by atoms with Crippen LogP contribution >= 0.6 is 0 Å². The van der Waals surface area contributed by atoms with Crippen molar-refractivity contribution in [3.05, 3.63) is 53.2 Å². The van der Waals surface area contributed by atoms with E-state index in [9.17, 15) is 13.2 Å². The van der Waals surface area contributed by atoms with E-state index in [0.29, 0.717) is 11.6 Å². The summed E-state index contributed by atoms with van der Waals surface area (Å²) in [7, 11) is -0.989. The van der Waals surface area contributed by atoms with Gasteiger partial charge in [0.2, 0.25) is 10.0 Å².